The predicted octanol–water partition coefficient (Wildman–Crippen LogP) is 3.71. The second-order valence-corrected chi connectivity index (χ2v) is 6.61. The summed E-state index contributed by atoms with van der Waals surface area (Å²) >= 11 is 4.86. The van der Waals surface area contributed by atoms with Crippen molar-refractivity contribution in [2.75, 3.05) is 11.9 Å². The number of amidine groups is 1. The Hall–Kier alpha value is -1.47. The average Bonchev–Trinajstić information content (AvgIpc) is 2.73. The molecule has 20 heavy (non-hydrogen) atoms. The van der Waals surface area contributed by atoms with Gasteiger partial charge in [-0.1, -0.05) is 0 Å². The average molecular weight is 360 g/mol. The molecule has 106 valence electrons. The number of hydrogen-bond donors (Lipinski definition) is 2. The first-order valence-electron chi connectivity index (χ1n) is 5.66. The smallest absolute Gasteiger partial charge is 0.150 e. The van der Waals surface area contributed by atoms with E-state index in [9.17, 15) is 8.78 Å². The Kier molecular flexibility index (Phi) is 4.39. The van der Waals surface area contributed by atoms with E-state index in [-0.39, 0.29) is 17.1 Å². The number of thiophene rings is 1. The first-order chi connectivity index (χ1) is 9.38. The van der Waals surface area contributed by atoms with Crippen molar-refractivity contribution in [3.63, 3.8) is 0 Å². The van der Waals surface area contributed by atoms with Gasteiger partial charge in [-0.2, -0.15) is 0 Å². The van der Waals surface area contributed by atoms with E-state index in [0.29, 0.717) is 6.54 Å². The van der Waals surface area contributed by atoms with Crippen molar-refractivity contribution in [2.45, 2.75) is 6.54 Å². The molecule has 1 aromatic heterocycles. The molecule has 0 fully saturated rings. The number of nitrogens with two attached hydrogens (primary N) is 1. The maximum absolute atomic E-state index is 14.0. The molecule has 3 N–H and O–H groups in total. The molecule has 2 aromatic rings. The van der Waals surface area contributed by atoms with Gasteiger partial charge in [0.2, 0.25) is 0 Å². The molecular weight excluding hydrogens is 348 g/mol. The lowest BCUT2D eigenvalue weighted by atomic mass is 10.1. The second-order valence-electron chi connectivity index (χ2n) is 4.32. The molecule has 0 amide bonds. The van der Waals surface area contributed by atoms with E-state index in [1.807, 2.05) is 11.4 Å². The van der Waals surface area contributed by atoms with Crippen LogP contribution in [0.4, 0.5) is 14.5 Å². The van der Waals surface area contributed by atoms with Crippen LogP contribution in [0.15, 0.2) is 27.4 Å². The number of halogens is 3. The van der Waals surface area contributed by atoms with E-state index in [2.05, 4.69) is 15.9 Å². The number of nitrogens with zero attached hydrogens (tertiary/aromatic N) is 1. The number of benzene rings is 1. The van der Waals surface area contributed by atoms with Gasteiger partial charge in [-0.05, 0) is 45.1 Å². The number of nitrogens with one attached hydrogen (secondary N) is 1. The molecule has 0 atom stereocenters. The first-order valence-corrected chi connectivity index (χ1v) is 7.33. The molecular formula is C13H12BrF2N3S. The van der Waals surface area contributed by atoms with E-state index in [1.165, 1.54) is 16.2 Å². The summed E-state index contributed by atoms with van der Waals surface area (Å²) < 4.78 is 28.9. The Morgan fingerprint density at radius 2 is 1.95 bits per heavy atom. The molecule has 7 heteroatoms. The highest BCUT2D eigenvalue weighted by atomic mass is 79.9. The lowest BCUT2D eigenvalue weighted by molar-refractivity contribution is 0.576. The highest BCUT2D eigenvalue weighted by molar-refractivity contribution is 9.11. The Labute approximate surface area is 127 Å². The van der Waals surface area contributed by atoms with E-state index < -0.39 is 11.6 Å². The Morgan fingerprint density at radius 3 is 2.40 bits per heavy atom. The molecule has 1 heterocycles. The van der Waals surface area contributed by atoms with Crippen molar-refractivity contribution in [1.82, 2.24) is 0 Å². The summed E-state index contributed by atoms with van der Waals surface area (Å²) in [5.41, 5.74) is 6.10. The summed E-state index contributed by atoms with van der Waals surface area (Å²) in [6, 6.07) is 4.04. The van der Waals surface area contributed by atoms with Crippen LogP contribution in [0, 0.1) is 17.0 Å². The summed E-state index contributed by atoms with van der Waals surface area (Å²) in [6.07, 6.45) is 0. The van der Waals surface area contributed by atoms with Crippen LogP contribution in [0.5, 0.6) is 0 Å². The van der Waals surface area contributed by atoms with Gasteiger partial charge in [0.1, 0.15) is 23.2 Å². The number of nitrogen functional groups attached to an aromatic ring is 1. The maximum atomic E-state index is 14.0. The van der Waals surface area contributed by atoms with Gasteiger partial charge >= 0.3 is 0 Å². The van der Waals surface area contributed by atoms with E-state index >= 15 is 0 Å². The summed E-state index contributed by atoms with van der Waals surface area (Å²) in [6.45, 7) is 0.384. The van der Waals surface area contributed by atoms with Gasteiger partial charge in [0.05, 0.1) is 3.79 Å². The predicted molar refractivity (Wildman–Crippen MR) is 81.5 cm³/mol. The van der Waals surface area contributed by atoms with Crippen LogP contribution in [-0.2, 0) is 6.54 Å². The monoisotopic (exact) mass is 359 g/mol. The lowest BCUT2D eigenvalue weighted by Crippen LogP contribution is -2.20. The van der Waals surface area contributed by atoms with Gasteiger partial charge in [-0.3, -0.25) is 5.41 Å². The van der Waals surface area contributed by atoms with Gasteiger partial charge < -0.3 is 10.6 Å². The van der Waals surface area contributed by atoms with Crippen LogP contribution in [0.25, 0.3) is 0 Å². The Bertz CT molecular complexity index is 634. The number of rotatable bonds is 4. The van der Waals surface area contributed by atoms with Crippen molar-refractivity contribution in [3.05, 3.63) is 50.1 Å². The largest absolute Gasteiger partial charge is 0.384 e. The molecule has 0 saturated heterocycles. The second kappa shape index (κ2) is 5.88. The summed E-state index contributed by atoms with van der Waals surface area (Å²) in [5.74, 6) is -1.82. The summed E-state index contributed by atoms with van der Waals surface area (Å²) in [4.78, 5) is 1.49. The molecule has 0 bridgehead atoms. The molecule has 3 nitrogen and oxygen atoms in total. The fraction of sp³-hybridized carbons (Fsp3) is 0.154. The molecule has 1 aromatic carbocycles. The molecule has 0 aliphatic carbocycles. The fourth-order valence-corrected chi connectivity index (χ4v) is 3.07. The third-order valence-electron chi connectivity index (χ3n) is 2.75. The third-order valence-corrected chi connectivity index (χ3v) is 4.30. The van der Waals surface area contributed by atoms with Gasteiger partial charge in [0.25, 0.3) is 0 Å². The molecule has 0 unspecified atom stereocenters. The normalized spacial score (nSPS) is 10.6. The van der Waals surface area contributed by atoms with Crippen LogP contribution in [-0.4, -0.2) is 12.9 Å². The van der Waals surface area contributed by atoms with Crippen molar-refractivity contribution >= 4 is 38.8 Å². The minimum Gasteiger partial charge on any atom is -0.384 e. The maximum Gasteiger partial charge on any atom is 0.150 e. The van der Waals surface area contributed by atoms with Crippen molar-refractivity contribution in [1.29, 1.82) is 5.41 Å². The van der Waals surface area contributed by atoms with Crippen LogP contribution < -0.4 is 10.6 Å². The van der Waals surface area contributed by atoms with E-state index in [4.69, 9.17) is 11.1 Å². The standard InChI is InChI=1S/C13H12BrF2N3S/c1-19(5-7-2-11(14)20-6-7)12-9(15)3-8(13(17)18)4-10(12)16/h2-4,6H,5H2,1H3,(H3,17,18). The molecule has 0 saturated carbocycles. The van der Waals surface area contributed by atoms with Gasteiger partial charge in [0.15, 0.2) is 0 Å². The fourth-order valence-electron chi connectivity index (χ4n) is 1.87. The summed E-state index contributed by atoms with van der Waals surface area (Å²) in [5, 5.41) is 9.13. The van der Waals surface area contributed by atoms with Crippen LogP contribution in [0.2, 0.25) is 0 Å². The lowest BCUT2D eigenvalue weighted by Gasteiger charge is -2.20. The molecule has 0 spiro atoms. The molecule has 2 rings (SSSR count). The SMILES string of the molecule is CN(Cc1csc(Br)c1)c1c(F)cc(C(=N)N)cc1F. The molecule has 0 aliphatic rings. The van der Waals surface area contributed by atoms with Gasteiger partial charge in [-0.25, -0.2) is 8.78 Å². The molecule has 0 radical (unpaired) electrons. The van der Waals surface area contributed by atoms with Crippen LogP contribution >= 0.6 is 27.3 Å². The third kappa shape index (κ3) is 3.16. The topological polar surface area (TPSA) is 53.1 Å². The van der Waals surface area contributed by atoms with Gasteiger partial charge in [-0.15, -0.1) is 11.3 Å². The zero-order valence-corrected chi connectivity index (χ0v) is 13.0. The minimum absolute atomic E-state index is 0.0374. The van der Waals surface area contributed by atoms with E-state index in [0.717, 1.165) is 21.5 Å². The van der Waals surface area contributed by atoms with Gasteiger partial charge in [0, 0.05) is 19.2 Å². The first kappa shape index (κ1) is 14.9. The molecule has 0 aliphatic heterocycles. The van der Waals surface area contributed by atoms with Crippen LogP contribution in [0.1, 0.15) is 11.1 Å². The number of anilines is 1. The van der Waals surface area contributed by atoms with Crippen molar-refractivity contribution in [2.24, 2.45) is 5.73 Å². The quantitative estimate of drug-likeness (QED) is 0.645. The van der Waals surface area contributed by atoms with Crippen LogP contribution in [0.3, 0.4) is 0 Å². The van der Waals surface area contributed by atoms with Crippen molar-refractivity contribution < 1.29 is 8.78 Å². The van der Waals surface area contributed by atoms with Crippen molar-refractivity contribution in [3.8, 4) is 0 Å². The van der Waals surface area contributed by atoms with E-state index in [1.54, 1.807) is 7.05 Å². The summed E-state index contributed by atoms with van der Waals surface area (Å²) in [7, 11) is 1.61. The Morgan fingerprint density at radius 1 is 1.35 bits per heavy atom. The highest BCUT2D eigenvalue weighted by Gasteiger charge is 2.16. The highest BCUT2D eigenvalue weighted by Crippen LogP contribution is 2.27. The number of hydrogen-bond acceptors (Lipinski definition) is 3. The minimum atomic E-state index is -0.730. The zero-order valence-electron chi connectivity index (χ0n) is 10.6. The Balaban J connectivity index is 2.30. The zero-order chi connectivity index (χ0) is 14.9.